The smallest absolute Gasteiger partial charge is 0.337 e. The quantitative estimate of drug-likeness (QED) is 0.611. The molecule has 1 N–H and O–H groups in total. The molecule has 2 rings (SSSR count). The van der Waals surface area contributed by atoms with Gasteiger partial charge in [-0.1, -0.05) is 12.1 Å². The molecule has 0 spiro atoms. The molecule has 0 fully saturated rings. The molecule has 0 saturated carbocycles. The van der Waals surface area contributed by atoms with Crippen LogP contribution in [0, 0.1) is 0 Å². The summed E-state index contributed by atoms with van der Waals surface area (Å²) in [7, 11) is 4.47. The van der Waals surface area contributed by atoms with Crippen molar-refractivity contribution in [2.75, 3.05) is 21.3 Å². The van der Waals surface area contributed by atoms with Gasteiger partial charge in [-0.2, -0.15) is 0 Å². The molecule has 0 atom stereocenters. The van der Waals surface area contributed by atoms with Gasteiger partial charge in [-0.25, -0.2) is 4.79 Å². The van der Waals surface area contributed by atoms with E-state index in [1.165, 1.54) is 13.2 Å². The topological polar surface area (TPSA) is 73.9 Å². The van der Waals surface area contributed by atoms with Crippen LogP contribution in [-0.4, -0.2) is 33.2 Å². The average molecular weight is 355 g/mol. The van der Waals surface area contributed by atoms with Gasteiger partial charge in [0.15, 0.2) is 0 Å². The zero-order chi connectivity index (χ0) is 18.9. The van der Waals surface area contributed by atoms with Crippen LogP contribution in [0.15, 0.2) is 48.5 Å². The van der Waals surface area contributed by atoms with E-state index in [-0.39, 0.29) is 5.91 Å². The Labute approximate surface area is 152 Å². The van der Waals surface area contributed by atoms with E-state index in [9.17, 15) is 9.59 Å². The van der Waals surface area contributed by atoms with E-state index in [0.29, 0.717) is 23.6 Å². The third-order valence-corrected chi connectivity index (χ3v) is 3.64. The van der Waals surface area contributed by atoms with Crippen molar-refractivity contribution in [3.63, 3.8) is 0 Å². The Bertz CT molecular complexity index is 774. The Balaban J connectivity index is 1.94. The zero-order valence-electron chi connectivity index (χ0n) is 14.9. The molecule has 2 aromatic carbocycles. The summed E-state index contributed by atoms with van der Waals surface area (Å²) in [5.74, 6) is 0.672. The molecule has 6 nitrogen and oxygen atoms in total. The summed E-state index contributed by atoms with van der Waals surface area (Å²) in [5, 5.41) is 2.78. The van der Waals surface area contributed by atoms with Crippen LogP contribution in [0.3, 0.4) is 0 Å². The number of benzene rings is 2. The number of carbonyl (C=O) groups excluding carboxylic acids is 2. The molecule has 0 heterocycles. The van der Waals surface area contributed by atoms with Crippen LogP contribution in [0.5, 0.6) is 11.5 Å². The van der Waals surface area contributed by atoms with Gasteiger partial charge in [0.2, 0.25) is 5.91 Å². The Kier molecular flexibility index (Phi) is 6.79. The van der Waals surface area contributed by atoms with Crippen LogP contribution in [0.25, 0.3) is 6.08 Å². The van der Waals surface area contributed by atoms with Crippen LogP contribution in [0.2, 0.25) is 0 Å². The van der Waals surface area contributed by atoms with E-state index < -0.39 is 5.97 Å². The number of rotatable bonds is 7. The summed E-state index contributed by atoms with van der Waals surface area (Å²) < 4.78 is 15.0. The first kappa shape index (κ1) is 19.1. The maximum Gasteiger partial charge on any atom is 0.337 e. The average Bonchev–Trinajstić information content (AvgIpc) is 2.70. The second-order valence-corrected chi connectivity index (χ2v) is 5.39. The monoisotopic (exact) mass is 355 g/mol. The lowest BCUT2D eigenvalue weighted by molar-refractivity contribution is -0.116. The van der Waals surface area contributed by atoms with Gasteiger partial charge in [0.25, 0.3) is 0 Å². The van der Waals surface area contributed by atoms with Crippen molar-refractivity contribution >= 4 is 18.0 Å². The molecule has 1 amide bonds. The predicted octanol–water partition coefficient (Wildman–Crippen LogP) is 2.82. The molecular weight excluding hydrogens is 334 g/mol. The summed E-state index contributed by atoms with van der Waals surface area (Å²) in [6, 6.07) is 12.2. The number of methoxy groups -OCH3 is 3. The molecule has 0 bridgehead atoms. The SMILES string of the molecule is COC(=O)c1ccc(CNC(=O)/C=C/c2cc(OC)cc(OC)c2)cc1. The van der Waals surface area contributed by atoms with E-state index in [0.717, 1.165) is 11.1 Å². The number of ether oxygens (including phenoxy) is 3. The largest absolute Gasteiger partial charge is 0.497 e. The van der Waals surface area contributed by atoms with Gasteiger partial charge in [0.1, 0.15) is 11.5 Å². The van der Waals surface area contributed by atoms with Crippen LogP contribution in [-0.2, 0) is 16.1 Å². The first-order valence-corrected chi connectivity index (χ1v) is 7.92. The van der Waals surface area contributed by atoms with E-state index >= 15 is 0 Å². The highest BCUT2D eigenvalue weighted by Crippen LogP contribution is 2.23. The summed E-state index contributed by atoms with van der Waals surface area (Å²) in [6.07, 6.45) is 3.12. The van der Waals surface area contributed by atoms with Crippen LogP contribution < -0.4 is 14.8 Å². The minimum Gasteiger partial charge on any atom is -0.497 e. The van der Waals surface area contributed by atoms with E-state index in [4.69, 9.17) is 9.47 Å². The maximum atomic E-state index is 12.0. The lowest BCUT2D eigenvalue weighted by atomic mass is 10.1. The molecule has 0 radical (unpaired) electrons. The van der Waals surface area contributed by atoms with Crippen LogP contribution >= 0.6 is 0 Å². The maximum absolute atomic E-state index is 12.0. The number of hydrogen-bond acceptors (Lipinski definition) is 5. The van der Waals surface area contributed by atoms with Crippen molar-refractivity contribution in [1.82, 2.24) is 5.32 Å². The molecule has 0 aliphatic rings. The van der Waals surface area contributed by atoms with E-state index in [1.54, 1.807) is 62.8 Å². The summed E-state index contributed by atoms with van der Waals surface area (Å²) in [4.78, 5) is 23.4. The van der Waals surface area contributed by atoms with Crippen molar-refractivity contribution in [3.8, 4) is 11.5 Å². The highest BCUT2D eigenvalue weighted by molar-refractivity contribution is 5.92. The van der Waals surface area contributed by atoms with Crippen molar-refractivity contribution in [2.45, 2.75) is 6.54 Å². The molecule has 2 aromatic rings. The highest BCUT2D eigenvalue weighted by atomic mass is 16.5. The van der Waals surface area contributed by atoms with Gasteiger partial charge in [0, 0.05) is 18.7 Å². The Hall–Kier alpha value is -3.28. The highest BCUT2D eigenvalue weighted by Gasteiger charge is 2.05. The molecule has 0 aliphatic heterocycles. The fourth-order valence-electron chi connectivity index (χ4n) is 2.22. The van der Waals surface area contributed by atoms with Crippen molar-refractivity contribution in [3.05, 3.63) is 65.2 Å². The number of amides is 1. The van der Waals surface area contributed by atoms with Gasteiger partial charge >= 0.3 is 5.97 Å². The Morgan fingerprint density at radius 2 is 1.58 bits per heavy atom. The van der Waals surface area contributed by atoms with Crippen LogP contribution in [0.1, 0.15) is 21.5 Å². The molecule has 0 aliphatic carbocycles. The second kappa shape index (κ2) is 9.27. The summed E-state index contributed by atoms with van der Waals surface area (Å²) in [5.41, 5.74) is 2.13. The molecule has 6 heteroatoms. The molecular formula is C20H21NO5. The lowest BCUT2D eigenvalue weighted by Crippen LogP contribution is -2.20. The number of carbonyl (C=O) groups is 2. The normalized spacial score (nSPS) is 10.4. The van der Waals surface area contributed by atoms with Gasteiger partial charge in [-0.15, -0.1) is 0 Å². The number of nitrogens with one attached hydrogen (secondary N) is 1. The minimum atomic E-state index is -0.391. The van der Waals surface area contributed by atoms with Gasteiger partial charge in [-0.05, 0) is 41.5 Å². The van der Waals surface area contributed by atoms with Gasteiger partial charge in [-0.3, -0.25) is 4.79 Å². The minimum absolute atomic E-state index is 0.233. The van der Waals surface area contributed by atoms with Crippen molar-refractivity contribution < 1.29 is 23.8 Å². The van der Waals surface area contributed by atoms with Crippen molar-refractivity contribution in [1.29, 1.82) is 0 Å². The summed E-state index contributed by atoms with van der Waals surface area (Å²) >= 11 is 0. The molecule has 0 unspecified atom stereocenters. The number of hydrogen-bond donors (Lipinski definition) is 1. The lowest BCUT2D eigenvalue weighted by Gasteiger charge is -2.06. The van der Waals surface area contributed by atoms with Gasteiger partial charge < -0.3 is 19.5 Å². The standard InChI is InChI=1S/C20H21NO5/c1-24-17-10-15(11-18(12-17)25-2)6-9-19(22)21-13-14-4-7-16(8-5-14)20(23)26-3/h4-12H,13H2,1-3H3,(H,21,22)/b9-6+. The molecule has 0 saturated heterocycles. The van der Waals surface area contributed by atoms with Crippen LogP contribution in [0.4, 0.5) is 0 Å². The summed E-state index contributed by atoms with van der Waals surface area (Å²) in [6.45, 7) is 0.353. The number of esters is 1. The fourth-order valence-corrected chi connectivity index (χ4v) is 2.22. The molecule has 0 aromatic heterocycles. The first-order chi connectivity index (χ1) is 12.5. The Morgan fingerprint density at radius 3 is 2.12 bits per heavy atom. The van der Waals surface area contributed by atoms with Crippen molar-refractivity contribution in [2.24, 2.45) is 0 Å². The second-order valence-electron chi connectivity index (χ2n) is 5.39. The first-order valence-electron chi connectivity index (χ1n) is 7.92. The zero-order valence-corrected chi connectivity index (χ0v) is 14.9. The molecule has 136 valence electrons. The van der Waals surface area contributed by atoms with Gasteiger partial charge in [0.05, 0.1) is 26.9 Å². The predicted molar refractivity (Wildman–Crippen MR) is 98.2 cm³/mol. The Morgan fingerprint density at radius 1 is 0.962 bits per heavy atom. The fraction of sp³-hybridized carbons (Fsp3) is 0.200. The van der Waals surface area contributed by atoms with E-state index in [1.807, 2.05) is 0 Å². The third kappa shape index (κ3) is 5.37. The third-order valence-electron chi connectivity index (χ3n) is 3.64. The van der Waals surface area contributed by atoms with E-state index in [2.05, 4.69) is 10.1 Å². The molecule has 26 heavy (non-hydrogen) atoms.